The molecule has 0 aliphatic rings. The number of hydrogen-bond donors (Lipinski definition) is 3. The lowest BCUT2D eigenvalue weighted by atomic mass is 10.0. The van der Waals surface area contributed by atoms with Crippen LogP contribution >= 0.6 is 0 Å². The van der Waals surface area contributed by atoms with Gasteiger partial charge in [-0.25, -0.2) is 15.0 Å². The molecule has 0 saturated heterocycles. The standard InChI is InChI=1S/C15H22N6/c1-10(2)11-5-7-12(8-6-11)19-14-13(16)15(18-9-17-14)20-21(3)4/h5-10H,16H2,1-4H3,(H2,17,18,19,20). The van der Waals surface area contributed by atoms with Gasteiger partial charge >= 0.3 is 0 Å². The summed E-state index contributed by atoms with van der Waals surface area (Å²) >= 11 is 0. The number of hydrogen-bond acceptors (Lipinski definition) is 6. The van der Waals surface area contributed by atoms with E-state index in [-0.39, 0.29) is 0 Å². The molecule has 0 atom stereocenters. The Morgan fingerprint density at radius 1 is 1.05 bits per heavy atom. The van der Waals surface area contributed by atoms with Crippen molar-refractivity contribution >= 4 is 23.0 Å². The molecule has 6 nitrogen and oxygen atoms in total. The van der Waals surface area contributed by atoms with Crippen LogP contribution < -0.4 is 16.5 Å². The predicted octanol–water partition coefficient (Wildman–Crippen LogP) is 2.81. The number of anilines is 4. The van der Waals surface area contributed by atoms with E-state index in [4.69, 9.17) is 5.73 Å². The average Bonchev–Trinajstić information content (AvgIpc) is 2.43. The van der Waals surface area contributed by atoms with E-state index in [1.165, 1.54) is 11.9 Å². The van der Waals surface area contributed by atoms with Crippen LogP contribution in [0.2, 0.25) is 0 Å². The second-order valence-corrected chi connectivity index (χ2v) is 5.39. The van der Waals surface area contributed by atoms with Crippen LogP contribution in [0, 0.1) is 0 Å². The Morgan fingerprint density at radius 3 is 2.24 bits per heavy atom. The molecule has 112 valence electrons. The van der Waals surface area contributed by atoms with Gasteiger partial charge in [0, 0.05) is 19.8 Å². The number of benzene rings is 1. The number of hydrazine groups is 1. The van der Waals surface area contributed by atoms with Crippen molar-refractivity contribution in [1.82, 2.24) is 15.0 Å². The molecular weight excluding hydrogens is 264 g/mol. The highest BCUT2D eigenvalue weighted by atomic mass is 15.5. The topological polar surface area (TPSA) is 79.1 Å². The summed E-state index contributed by atoms with van der Waals surface area (Å²) in [4.78, 5) is 8.32. The molecule has 1 aromatic carbocycles. The Hall–Kier alpha value is -2.34. The van der Waals surface area contributed by atoms with Gasteiger partial charge in [0.15, 0.2) is 11.6 Å². The summed E-state index contributed by atoms with van der Waals surface area (Å²) in [5.74, 6) is 1.68. The quantitative estimate of drug-likeness (QED) is 0.734. The molecule has 0 fully saturated rings. The zero-order valence-electron chi connectivity index (χ0n) is 12.9. The normalized spacial score (nSPS) is 11.0. The van der Waals surface area contributed by atoms with Crippen molar-refractivity contribution in [3.8, 4) is 0 Å². The number of nitrogens with zero attached hydrogens (tertiary/aromatic N) is 3. The first-order valence-electron chi connectivity index (χ1n) is 6.89. The first-order chi connectivity index (χ1) is 9.97. The molecule has 0 amide bonds. The fourth-order valence-electron chi connectivity index (χ4n) is 1.88. The third-order valence-corrected chi connectivity index (χ3v) is 3.05. The van der Waals surface area contributed by atoms with Gasteiger partial charge in [-0.1, -0.05) is 26.0 Å². The molecule has 2 rings (SSSR count). The van der Waals surface area contributed by atoms with Crippen molar-refractivity contribution in [2.45, 2.75) is 19.8 Å². The summed E-state index contributed by atoms with van der Waals surface area (Å²) < 4.78 is 0. The minimum absolute atomic E-state index is 0.485. The molecule has 2 aromatic rings. The van der Waals surface area contributed by atoms with E-state index in [0.29, 0.717) is 23.2 Å². The SMILES string of the molecule is CC(C)c1ccc(Nc2ncnc(NN(C)C)c2N)cc1. The zero-order chi connectivity index (χ0) is 15.4. The summed E-state index contributed by atoms with van der Waals surface area (Å²) in [6, 6.07) is 8.25. The van der Waals surface area contributed by atoms with E-state index in [0.717, 1.165) is 5.69 Å². The van der Waals surface area contributed by atoms with Gasteiger partial charge in [0.1, 0.15) is 12.0 Å². The number of aromatic nitrogens is 2. The van der Waals surface area contributed by atoms with Crippen molar-refractivity contribution in [2.24, 2.45) is 0 Å². The zero-order valence-corrected chi connectivity index (χ0v) is 12.9. The second kappa shape index (κ2) is 6.41. The fraction of sp³-hybridized carbons (Fsp3) is 0.333. The summed E-state index contributed by atoms with van der Waals surface area (Å²) in [5.41, 5.74) is 11.8. The van der Waals surface area contributed by atoms with E-state index < -0.39 is 0 Å². The Labute approximate surface area is 125 Å². The van der Waals surface area contributed by atoms with Gasteiger partial charge < -0.3 is 16.5 Å². The van der Waals surface area contributed by atoms with Crippen molar-refractivity contribution < 1.29 is 0 Å². The van der Waals surface area contributed by atoms with Crippen LogP contribution in [-0.4, -0.2) is 29.1 Å². The summed E-state index contributed by atoms with van der Waals surface area (Å²) in [7, 11) is 3.75. The van der Waals surface area contributed by atoms with Crippen molar-refractivity contribution in [1.29, 1.82) is 0 Å². The van der Waals surface area contributed by atoms with Gasteiger partial charge in [-0.05, 0) is 23.6 Å². The summed E-state index contributed by atoms with van der Waals surface area (Å²) in [5, 5.41) is 5.00. The summed E-state index contributed by atoms with van der Waals surface area (Å²) in [6.45, 7) is 4.34. The lowest BCUT2D eigenvalue weighted by Gasteiger charge is -2.16. The van der Waals surface area contributed by atoms with Crippen LogP contribution in [0.15, 0.2) is 30.6 Å². The van der Waals surface area contributed by atoms with Crippen LogP contribution in [-0.2, 0) is 0 Å². The molecular formula is C15H22N6. The Morgan fingerprint density at radius 2 is 1.67 bits per heavy atom. The monoisotopic (exact) mass is 286 g/mol. The lowest BCUT2D eigenvalue weighted by Crippen LogP contribution is -2.21. The third-order valence-electron chi connectivity index (χ3n) is 3.05. The Kier molecular flexibility index (Phi) is 4.59. The number of nitrogen functional groups attached to an aromatic ring is 1. The smallest absolute Gasteiger partial charge is 0.169 e. The van der Waals surface area contributed by atoms with E-state index in [1.54, 1.807) is 5.01 Å². The van der Waals surface area contributed by atoms with Gasteiger partial charge in [-0.2, -0.15) is 0 Å². The van der Waals surface area contributed by atoms with E-state index in [2.05, 4.69) is 46.7 Å². The Bertz CT molecular complexity index is 592. The molecule has 21 heavy (non-hydrogen) atoms. The third kappa shape index (κ3) is 3.82. The predicted molar refractivity (Wildman–Crippen MR) is 87.6 cm³/mol. The summed E-state index contributed by atoms with van der Waals surface area (Å²) in [6.07, 6.45) is 1.48. The minimum atomic E-state index is 0.485. The lowest BCUT2D eigenvalue weighted by molar-refractivity contribution is 0.492. The van der Waals surface area contributed by atoms with Gasteiger partial charge in [-0.15, -0.1) is 0 Å². The van der Waals surface area contributed by atoms with E-state index in [9.17, 15) is 0 Å². The molecule has 0 spiro atoms. The highest BCUT2D eigenvalue weighted by Gasteiger charge is 2.09. The van der Waals surface area contributed by atoms with Gasteiger partial charge in [0.2, 0.25) is 0 Å². The average molecular weight is 286 g/mol. The molecule has 0 radical (unpaired) electrons. The van der Waals surface area contributed by atoms with Gasteiger partial charge in [0.25, 0.3) is 0 Å². The van der Waals surface area contributed by atoms with Crippen molar-refractivity contribution in [2.75, 3.05) is 30.6 Å². The molecule has 0 aliphatic heterocycles. The van der Waals surface area contributed by atoms with Crippen LogP contribution in [0.4, 0.5) is 23.0 Å². The first kappa shape index (κ1) is 15.1. The van der Waals surface area contributed by atoms with E-state index >= 15 is 0 Å². The molecule has 1 heterocycles. The van der Waals surface area contributed by atoms with Crippen LogP contribution in [0.3, 0.4) is 0 Å². The number of rotatable bonds is 5. The van der Waals surface area contributed by atoms with Crippen LogP contribution in [0.1, 0.15) is 25.3 Å². The van der Waals surface area contributed by atoms with Crippen molar-refractivity contribution in [3.63, 3.8) is 0 Å². The minimum Gasteiger partial charge on any atom is -0.393 e. The van der Waals surface area contributed by atoms with Gasteiger partial charge in [-0.3, -0.25) is 0 Å². The number of nitrogens with two attached hydrogens (primary N) is 1. The van der Waals surface area contributed by atoms with Gasteiger partial charge in [0.05, 0.1) is 0 Å². The Balaban J connectivity index is 2.19. The largest absolute Gasteiger partial charge is 0.393 e. The molecule has 0 unspecified atom stereocenters. The molecule has 1 aromatic heterocycles. The molecule has 0 saturated carbocycles. The second-order valence-electron chi connectivity index (χ2n) is 5.39. The highest BCUT2D eigenvalue weighted by molar-refractivity contribution is 5.77. The number of nitrogens with one attached hydrogen (secondary N) is 2. The molecule has 0 bridgehead atoms. The first-order valence-corrected chi connectivity index (χ1v) is 6.89. The maximum absolute atomic E-state index is 6.08. The fourth-order valence-corrected chi connectivity index (χ4v) is 1.88. The van der Waals surface area contributed by atoms with Crippen LogP contribution in [0.25, 0.3) is 0 Å². The van der Waals surface area contributed by atoms with Crippen LogP contribution in [0.5, 0.6) is 0 Å². The molecule has 6 heteroatoms. The maximum Gasteiger partial charge on any atom is 0.169 e. The molecule has 0 aliphatic carbocycles. The molecule has 4 N–H and O–H groups in total. The van der Waals surface area contributed by atoms with E-state index in [1.807, 2.05) is 26.2 Å². The maximum atomic E-state index is 6.08. The highest BCUT2D eigenvalue weighted by Crippen LogP contribution is 2.26. The van der Waals surface area contributed by atoms with Crippen molar-refractivity contribution in [3.05, 3.63) is 36.2 Å².